The number of aromatic nitrogens is 2. The summed E-state index contributed by atoms with van der Waals surface area (Å²) in [7, 11) is 0. The van der Waals surface area contributed by atoms with Crippen molar-refractivity contribution in [3.63, 3.8) is 0 Å². The Morgan fingerprint density at radius 1 is 1.00 bits per heavy atom. The van der Waals surface area contributed by atoms with E-state index >= 15 is 0 Å². The minimum Gasteiger partial charge on any atom is -0.333 e. The van der Waals surface area contributed by atoms with Crippen LogP contribution in [0, 0.1) is 0 Å². The summed E-state index contributed by atoms with van der Waals surface area (Å²) >= 11 is 6.26. The second kappa shape index (κ2) is 8.48. The largest absolute Gasteiger partial charge is 0.333 e. The van der Waals surface area contributed by atoms with Crippen LogP contribution in [-0.2, 0) is 6.54 Å². The Kier molecular flexibility index (Phi) is 5.82. The maximum absolute atomic E-state index is 6.26. The highest BCUT2D eigenvalue weighted by atomic mass is 35.5. The number of nitrogens with zero attached hydrogens (tertiary/aromatic N) is 3. The van der Waals surface area contributed by atoms with Crippen molar-refractivity contribution in [3.05, 3.63) is 64.8 Å². The van der Waals surface area contributed by atoms with Crippen LogP contribution < -0.4 is 4.90 Å². The molecule has 0 unspecified atom stereocenters. The summed E-state index contributed by atoms with van der Waals surface area (Å²) in [5.41, 5.74) is 3.37. The summed E-state index contributed by atoms with van der Waals surface area (Å²) in [4.78, 5) is 12.5. The second-order valence-corrected chi connectivity index (χ2v) is 8.57. The van der Waals surface area contributed by atoms with E-state index in [1.165, 1.54) is 37.7 Å². The zero-order valence-corrected chi connectivity index (χ0v) is 17.5. The van der Waals surface area contributed by atoms with Crippen LogP contribution in [0.5, 0.6) is 0 Å². The molecule has 0 bridgehead atoms. The van der Waals surface area contributed by atoms with E-state index in [0.717, 1.165) is 34.1 Å². The van der Waals surface area contributed by atoms with Gasteiger partial charge in [0.05, 0.1) is 11.2 Å². The second-order valence-electron chi connectivity index (χ2n) is 8.13. The first-order valence-corrected chi connectivity index (χ1v) is 10.8. The maximum Gasteiger partial charge on any atom is 0.226 e. The molecule has 3 aromatic rings. The molecule has 4 heteroatoms. The number of para-hydroxylation sites is 1. The Hall–Kier alpha value is -2.13. The lowest BCUT2D eigenvalue weighted by atomic mass is 9.94. The van der Waals surface area contributed by atoms with E-state index in [1.54, 1.807) is 0 Å². The molecule has 1 fully saturated rings. The van der Waals surface area contributed by atoms with Gasteiger partial charge in [-0.1, -0.05) is 75.0 Å². The van der Waals surface area contributed by atoms with Crippen molar-refractivity contribution >= 4 is 28.5 Å². The first-order valence-electron chi connectivity index (χ1n) is 10.4. The Labute approximate surface area is 172 Å². The summed E-state index contributed by atoms with van der Waals surface area (Å²) in [6.07, 6.45) is 6.29. The SMILES string of the molecule is CC(C)c1nc(N(Cc2cccc(Cl)c2)C2CCCCC2)nc2ccccc12. The van der Waals surface area contributed by atoms with Crippen LogP contribution in [0.25, 0.3) is 10.9 Å². The van der Waals surface area contributed by atoms with Crippen LogP contribution in [-0.4, -0.2) is 16.0 Å². The van der Waals surface area contributed by atoms with Gasteiger partial charge in [0.25, 0.3) is 0 Å². The molecule has 0 spiro atoms. The first-order chi connectivity index (χ1) is 13.6. The Morgan fingerprint density at radius 3 is 2.54 bits per heavy atom. The molecule has 0 saturated heterocycles. The van der Waals surface area contributed by atoms with Gasteiger partial charge in [-0.2, -0.15) is 0 Å². The predicted octanol–water partition coefficient (Wildman–Crippen LogP) is 6.75. The van der Waals surface area contributed by atoms with Crippen molar-refractivity contribution in [2.75, 3.05) is 4.90 Å². The summed E-state index contributed by atoms with van der Waals surface area (Å²) in [5, 5.41) is 1.94. The molecule has 1 heterocycles. The molecule has 1 aromatic heterocycles. The molecule has 1 aliphatic carbocycles. The molecule has 28 heavy (non-hydrogen) atoms. The van der Waals surface area contributed by atoms with Crippen LogP contribution in [0.1, 0.15) is 63.1 Å². The van der Waals surface area contributed by atoms with Crippen molar-refractivity contribution in [1.82, 2.24) is 9.97 Å². The summed E-state index contributed by atoms with van der Waals surface area (Å²) in [5.74, 6) is 1.21. The molecule has 0 radical (unpaired) electrons. The van der Waals surface area contributed by atoms with Crippen LogP contribution in [0.2, 0.25) is 5.02 Å². The predicted molar refractivity (Wildman–Crippen MR) is 118 cm³/mol. The number of rotatable bonds is 5. The Bertz CT molecular complexity index is 947. The van der Waals surface area contributed by atoms with Gasteiger partial charge in [0.15, 0.2) is 0 Å². The van der Waals surface area contributed by atoms with Gasteiger partial charge in [-0.25, -0.2) is 9.97 Å². The fourth-order valence-corrected chi connectivity index (χ4v) is 4.46. The van der Waals surface area contributed by atoms with Gasteiger partial charge < -0.3 is 4.90 Å². The third-order valence-electron chi connectivity index (χ3n) is 5.68. The van der Waals surface area contributed by atoms with Crippen LogP contribution in [0.3, 0.4) is 0 Å². The molecular formula is C24H28ClN3. The highest BCUT2D eigenvalue weighted by Gasteiger charge is 2.25. The Morgan fingerprint density at radius 2 is 1.79 bits per heavy atom. The van der Waals surface area contributed by atoms with Gasteiger partial charge in [-0.3, -0.25) is 0 Å². The molecule has 1 aliphatic rings. The third kappa shape index (κ3) is 4.15. The average molecular weight is 394 g/mol. The Balaban J connectivity index is 1.79. The van der Waals surface area contributed by atoms with E-state index in [1.807, 2.05) is 12.1 Å². The van der Waals surface area contributed by atoms with E-state index in [2.05, 4.69) is 55.1 Å². The molecule has 0 aliphatic heterocycles. The van der Waals surface area contributed by atoms with Gasteiger partial charge in [0.1, 0.15) is 0 Å². The monoisotopic (exact) mass is 393 g/mol. The standard InChI is InChI=1S/C24H28ClN3/c1-17(2)23-21-13-6-7-14-22(21)26-24(27-23)28(20-11-4-3-5-12-20)16-18-9-8-10-19(25)15-18/h6-10,13-15,17,20H,3-5,11-12,16H2,1-2H3. The number of hydrogen-bond acceptors (Lipinski definition) is 3. The maximum atomic E-state index is 6.26. The first kappa shape index (κ1) is 19.2. The number of fused-ring (bicyclic) bond motifs is 1. The summed E-state index contributed by atoms with van der Waals surface area (Å²) < 4.78 is 0. The summed E-state index contributed by atoms with van der Waals surface area (Å²) in [6, 6.07) is 17.0. The van der Waals surface area contributed by atoms with Gasteiger partial charge in [0.2, 0.25) is 5.95 Å². The van der Waals surface area contributed by atoms with Gasteiger partial charge in [-0.05, 0) is 42.5 Å². The smallest absolute Gasteiger partial charge is 0.226 e. The number of halogens is 1. The van der Waals surface area contributed by atoms with E-state index < -0.39 is 0 Å². The zero-order valence-electron chi connectivity index (χ0n) is 16.7. The van der Waals surface area contributed by atoms with Gasteiger partial charge in [-0.15, -0.1) is 0 Å². The number of hydrogen-bond donors (Lipinski definition) is 0. The normalized spacial score (nSPS) is 15.3. The van der Waals surface area contributed by atoms with Crippen LogP contribution >= 0.6 is 11.6 Å². The summed E-state index contributed by atoms with van der Waals surface area (Å²) in [6.45, 7) is 5.21. The van der Waals surface area contributed by atoms with E-state index in [0.29, 0.717) is 12.0 Å². The van der Waals surface area contributed by atoms with Crippen LogP contribution in [0.4, 0.5) is 5.95 Å². The third-order valence-corrected chi connectivity index (χ3v) is 5.92. The average Bonchev–Trinajstić information content (AvgIpc) is 2.72. The molecule has 2 aromatic carbocycles. The van der Waals surface area contributed by atoms with Crippen molar-refractivity contribution in [1.29, 1.82) is 0 Å². The molecular weight excluding hydrogens is 366 g/mol. The fourth-order valence-electron chi connectivity index (χ4n) is 4.24. The lowest BCUT2D eigenvalue weighted by Crippen LogP contribution is -2.37. The number of anilines is 1. The molecule has 3 nitrogen and oxygen atoms in total. The van der Waals surface area contributed by atoms with Crippen molar-refractivity contribution < 1.29 is 0 Å². The highest BCUT2D eigenvalue weighted by Crippen LogP contribution is 2.31. The lowest BCUT2D eigenvalue weighted by molar-refractivity contribution is 0.409. The quantitative estimate of drug-likeness (QED) is 0.480. The van der Waals surface area contributed by atoms with E-state index in [9.17, 15) is 0 Å². The molecule has 0 N–H and O–H groups in total. The lowest BCUT2D eigenvalue weighted by Gasteiger charge is -2.35. The molecule has 1 saturated carbocycles. The topological polar surface area (TPSA) is 29.0 Å². The zero-order chi connectivity index (χ0) is 19.5. The molecule has 0 atom stereocenters. The van der Waals surface area contributed by atoms with Crippen molar-refractivity contribution in [2.45, 2.75) is 64.5 Å². The minimum atomic E-state index is 0.353. The van der Waals surface area contributed by atoms with Crippen LogP contribution in [0.15, 0.2) is 48.5 Å². The highest BCUT2D eigenvalue weighted by molar-refractivity contribution is 6.30. The molecule has 0 amide bonds. The molecule has 146 valence electrons. The van der Waals surface area contributed by atoms with Gasteiger partial charge in [0, 0.05) is 23.0 Å². The minimum absolute atomic E-state index is 0.353. The fraction of sp³-hybridized carbons (Fsp3) is 0.417. The number of benzene rings is 2. The molecule has 4 rings (SSSR count). The van der Waals surface area contributed by atoms with Gasteiger partial charge >= 0.3 is 0 Å². The van der Waals surface area contributed by atoms with Crippen molar-refractivity contribution in [3.8, 4) is 0 Å². The van der Waals surface area contributed by atoms with E-state index in [-0.39, 0.29) is 0 Å². The van der Waals surface area contributed by atoms with E-state index in [4.69, 9.17) is 21.6 Å². The van der Waals surface area contributed by atoms with Crippen molar-refractivity contribution in [2.24, 2.45) is 0 Å².